The molecule has 4 atom stereocenters. The topological polar surface area (TPSA) is 36.3 Å². The van der Waals surface area contributed by atoms with E-state index in [1.54, 1.807) is 0 Å². The molecule has 2 nitrogen and oxygen atoms in total. The first kappa shape index (κ1) is 8.73. The number of hydrogen-bond acceptors (Lipinski definition) is 2. The molecule has 0 aromatic heterocycles. The molecule has 0 aromatic rings. The predicted octanol–water partition coefficient (Wildman–Crippen LogP) is 2.49. The molecule has 0 radical (unpaired) electrons. The molecule has 4 aliphatic rings. The van der Waals surface area contributed by atoms with Gasteiger partial charge in [-0.15, -0.1) is 0 Å². The molecule has 3 aliphatic carbocycles. The van der Waals surface area contributed by atoms with Gasteiger partial charge in [0.1, 0.15) is 0 Å². The van der Waals surface area contributed by atoms with Crippen molar-refractivity contribution in [1.82, 2.24) is 0 Å². The van der Waals surface area contributed by atoms with Crippen LogP contribution < -0.4 is 0 Å². The number of epoxide rings is 1. The van der Waals surface area contributed by atoms with E-state index in [1.165, 1.54) is 12.8 Å². The van der Waals surface area contributed by atoms with Crippen molar-refractivity contribution in [3.8, 4) is 6.07 Å². The van der Waals surface area contributed by atoms with Crippen LogP contribution in [0.1, 0.15) is 39.5 Å². The molecular weight excluding hydrogens is 174 g/mol. The molecule has 1 saturated heterocycles. The molecule has 0 aromatic carbocycles. The van der Waals surface area contributed by atoms with Crippen molar-refractivity contribution in [3.05, 3.63) is 0 Å². The van der Waals surface area contributed by atoms with E-state index in [4.69, 9.17) is 10.00 Å². The maximum atomic E-state index is 8.65. The van der Waals surface area contributed by atoms with Gasteiger partial charge >= 0.3 is 0 Å². The quantitative estimate of drug-likeness (QED) is 0.629. The number of nitrogens with zero attached hydrogens (tertiary/aromatic N) is 1. The Kier molecular flexibility index (Phi) is 1.46. The van der Waals surface area contributed by atoms with Gasteiger partial charge in [0.15, 0.2) is 0 Å². The maximum Gasteiger partial charge on any atom is 0.0991 e. The fourth-order valence-electron chi connectivity index (χ4n) is 3.93. The molecule has 0 unspecified atom stereocenters. The minimum Gasteiger partial charge on any atom is -0.366 e. The maximum absolute atomic E-state index is 8.65. The van der Waals surface area contributed by atoms with Crippen LogP contribution in [-0.4, -0.2) is 11.7 Å². The molecule has 1 aliphatic heterocycles. The van der Waals surface area contributed by atoms with Gasteiger partial charge in [-0.2, -0.15) is 5.26 Å². The molecule has 14 heavy (non-hydrogen) atoms. The van der Waals surface area contributed by atoms with E-state index >= 15 is 0 Å². The van der Waals surface area contributed by atoms with Crippen LogP contribution in [0.5, 0.6) is 0 Å². The summed E-state index contributed by atoms with van der Waals surface area (Å²) in [6.45, 7) is 4.75. The lowest BCUT2D eigenvalue weighted by Crippen LogP contribution is -2.57. The molecule has 76 valence electrons. The molecule has 0 N–H and O–H groups in total. The zero-order valence-electron chi connectivity index (χ0n) is 8.92. The van der Waals surface area contributed by atoms with Crippen LogP contribution in [0.15, 0.2) is 0 Å². The fraction of sp³-hybridized carbons (Fsp3) is 0.917. The Hall–Kier alpha value is -0.550. The predicted molar refractivity (Wildman–Crippen MR) is 52.4 cm³/mol. The monoisotopic (exact) mass is 191 g/mol. The van der Waals surface area contributed by atoms with E-state index in [0.717, 1.165) is 18.3 Å². The van der Waals surface area contributed by atoms with Crippen molar-refractivity contribution in [1.29, 1.82) is 5.26 Å². The summed E-state index contributed by atoms with van der Waals surface area (Å²) >= 11 is 0. The van der Waals surface area contributed by atoms with Gasteiger partial charge in [-0.1, -0.05) is 13.8 Å². The van der Waals surface area contributed by atoms with E-state index in [0.29, 0.717) is 17.9 Å². The third kappa shape index (κ3) is 0.803. The minimum absolute atomic E-state index is 0.133. The Labute approximate surface area is 85.2 Å². The molecule has 4 fully saturated rings. The van der Waals surface area contributed by atoms with Crippen LogP contribution in [-0.2, 0) is 4.74 Å². The Morgan fingerprint density at radius 1 is 1.43 bits per heavy atom. The highest BCUT2D eigenvalue weighted by atomic mass is 16.6. The highest BCUT2D eigenvalue weighted by Crippen LogP contribution is 2.71. The molecule has 2 heteroatoms. The zero-order chi connectivity index (χ0) is 9.97. The second kappa shape index (κ2) is 2.33. The Balaban J connectivity index is 1.81. The van der Waals surface area contributed by atoms with Gasteiger partial charge in [0, 0.05) is 6.42 Å². The van der Waals surface area contributed by atoms with Crippen LogP contribution >= 0.6 is 0 Å². The summed E-state index contributed by atoms with van der Waals surface area (Å²) in [5.41, 5.74) is 0.608. The van der Waals surface area contributed by atoms with Crippen molar-refractivity contribution >= 4 is 0 Å². The van der Waals surface area contributed by atoms with Crippen LogP contribution in [0.3, 0.4) is 0 Å². The van der Waals surface area contributed by atoms with Gasteiger partial charge in [-0.25, -0.2) is 0 Å². The summed E-state index contributed by atoms with van der Waals surface area (Å²) in [6.07, 6.45) is 4.72. The Bertz CT molecular complexity index is 317. The van der Waals surface area contributed by atoms with E-state index in [2.05, 4.69) is 19.9 Å². The van der Waals surface area contributed by atoms with Crippen molar-refractivity contribution in [2.45, 2.75) is 51.2 Å². The summed E-state index contributed by atoms with van der Waals surface area (Å²) < 4.78 is 5.91. The first-order valence-corrected chi connectivity index (χ1v) is 5.66. The number of ether oxygens (including phenoxy) is 1. The van der Waals surface area contributed by atoms with Gasteiger partial charge in [-0.3, -0.25) is 0 Å². The number of nitriles is 1. The van der Waals surface area contributed by atoms with Crippen LogP contribution in [0.4, 0.5) is 0 Å². The van der Waals surface area contributed by atoms with Crippen LogP contribution in [0.2, 0.25) is 0 Å². The van der Waals surface area contributed by atoms with Gasteiger partial charge in [0.2, 0.25) is 0 Å². The van der Waals surface area contributed by atoms with Gasteiger partial charge in [-0.05, 0) is 36.5 Å². The standard InChI is InChI=1S/C12H17NO/c1-11(2)8-6-9(11)12(4-3-5-13)10(7-8)14-12/h8-10H,3-4,6-7H2,1-2H3/t8-,9-,10+,12-/m1/s1. The van der Waals surface area contributed by atoms with Gasteiger partial charge in [0.25, 0.3) is 0 Å². The highest BCUT2D eigenvalue weighted by Gasteiger charge is 2.74. The lowest BCUT2D eigenvalue weighted by atomic mass is 9.45. The fourth-order valence-corrected chi connectivity index (χ4v) is 3.93. The first-order valence-electron chi connectivity index (χ1n) is 5.66. The molecule has 1 heterocycles. The van der Waals surface area contributed by atoms with Crippen molar-refractivity contribution in [2.24, 2.45) is 17.3 Å². The molecule has 4 rings (SSSR count). The van der Waals surface area contributed by atoms with E-state index < -0.39 is 0 Å². The second-order valence-corrected chi connectivity index (χ2v) is 5.76. The summed E-state index contributed by atoms with van der Waals surface area (Å²) in [4.78, 5) is 0. The van der Waals surface area contributed by atoms with E-state index in [-0.39, 0.29) is 5.60 Å². The van der Waals surface area contributed by atoms with Crippen LogP contribution in [0, 0.1) is 28.6 Å². The second-order valence-electron chi connectivity index (χ2n) is 5.76. The summed E-state index contributed by atoms with van der Waals surface area (Å²) in [7, 11) is 0. The average Bonchev–Trinajstić information content (AvgIpc) is 2.88. The third-order valence-corrected chi connectivity index (χ3v) is 5.04. The Morgan fingerprint density at radius 2 is 2.21 bits per heavy atom. The van der Waals surface area contributed by atoms with E-state index in [1.807, 2.05) is 0 Å². The lowest BCUT2D eigenvalue weighted by molar-refractivity contribution is -0.0861. The summed E-state index contributed by atoms with van der Waals surface area (Å²) in [5, 5.41) is 8.65. The molecule has 2 bridgehead atoms. The van der Waals surface area contributed by atoms with Crippen molar-refractivity contribution < 1.29 is 4.74 Å². The van der Waals surface area contributed by atoms with Crippen molar-refractivity contribution in [2.75, 3.05) is 0 Å². The molecule has 0 spiro atoms. The number of hydrogen-bond donors (Lipinski definition) is 0. The van der Waals surface area contributed by atoms with Crippen molar-refractivity contribution in [3.63, 3.8) is 0 Å². The normalized spacial score (nSPS) is 51.4. The zero-order valence-corrected chi connectivity index (χ0v) is 8.92. The number of rotatable bonds is 2. The minimum atomic E-state index is 0.133. The smallest absolute Gasteiger partial charge is 0.0991 e. The summed E-state index contributed by atoms with van der Waals surface area (Å²) in [6, 6.07) is 2.25. The molecule has 3 saturated carbocycles. The molecular formula is C12H17NO. The largest absolute Gasteiger partial charge is 0.366 e. The first-order chi connectivity index (χ1) is 6.61. The van der Waals surface area contributed by atoms with Gasteiger partial charge < -0.3 is 4.74 Å². The molecule has 0 amide bonds. The summed E-state index contributed by atoms with van der Waals surface area (Å²) in [5.74, 6) is 1.61. The SMILES string of the molecule is CC1(C)[C@H]2C[C@@H]3O[C@]3(CCC#N)[C@@H]1C2. The highest BCUT2D eigenvalue weighted by molar-refractivity contribution is 5.22. The van der Waals surface area contributed by atoms with E-state index in [9.17, 15) is 0 Å². The lowest BCUT2D eigenvalue weighted by Gasteiger charge is -2.58. The van der Waals surface area contributed by atoms with Gasteiger partial charge in [0.05, 0.1) is 17.8 Å². The third-order valence-electron chi connectivity index (χ3n) is 5.04. The Morgan fingerprint density at radius 3 is 2.86 bits per heavy atom. The van der Waals surface area contributed by atoms with Crippen LogP contribution in [0.25, 0.3) is 0 Å². The average molecular weight is 191 g/mol.